The molecule has 1 N–H and O–H groups in total. The molecule has 0 saturated heterocycles. The van der Waals surface area contributed by atoms with E-state index in [0.717, 1.165) is 32.3 Å². The quantitative estimate of drug-likeness (QED) is 0.541. The highest BCUT2D eigenvalue weighted by molar-refractivity contribution is 7.71. The van der Waals surface area contributed by atoms with E-state index in [2.05, 4.69) is 32.3 Å². The van der Waals surface area contributed by atoms with E-state index in [-0.39, 0.29) is 0 Å². The lowest BCUT2D eigenvalue weighted by Crippen LogP contribution is -1.89. The van der Waals surface area contributed by atoms with Crippen LogP contribution in [0.3, 0.4) is 0 Å². The first kappa shape index (κ1) is 11.7. The lowest BCUT2D eigenvalue weighted by molar-refractivity contribution is 1.12. The number of nitrogens with zero attached hydrogens (tertiary/aromatic N) is 3. The van der Waals surface area contributed by atoms with Crippen LogP contribution >= 0.6 is 23.6 Å². The molecule has 20 heavy (non-hydrogen) atoms. The largest absolute Gasteiger partial charge is 0.330 e. The third kappa shape index (κ3) is 1.62. The molecule has 0 aliphatic rings. The van der Waals surface area contributed by atoms with Gasteiger partial charge in [0.2, 0.25) is 0 Å². The molecule has 4 rings (SSSR count). The van der Waals surface area contributed by atoms with Crippen LogP contribution in [0.2, 0.25) is 0 Å². The topological polar surface area (TPSA) is 46.0 Å². The number of para-hydroxylation sites is 2. The lowest BCUT2D eigenvalue weighted by atomic mass is 10.3. The van der Waals surface area contributed by atoms with E-state index in [0.29, 0.717) is 4.77 Å². The number of nitrogens with one attached hydrogen (secondary N) is 1. The van der Waals surface area contributed by atoms with E-state index in [4.69, 9.17) is 12.2 Å². The van der Waals surface area contributed by atoms with Crippen LogP contribution in [0.4, 0.5) is 0 Å². The second kappa shape index (κ2) is 4.22. The van der Waals surface area contributed by atoms with Gasteiger partial charge in [0.05, 0.1) is 21.6 Å². The van der Waals surface area contributed by atoms with Crippen molar-refractivity contribution in [2.45, 2.75) is 6.92 Å². The Morgan fingerprint density at radius 3 is 2.95 bits per heavy atom. The first-order chi connectivity index (χ1) is 9.74. The normalized spacial score (nSPS) is 11.4. The summed E-state index contributed by atoms with van der Waals surface area (Å²) >= 11 is 6.75. The van der Waals surface area contributed by atoms with E-state index in [9.17, 15) is 0 Å². The third-order valence-corrected chi connectivity index (χ3v) is 4.69. The maximum Gasteiger partial charge on any atom is 0.197 e. The van der Waals surface area contributed by atoms with Gasteiger partial charge in [-0.15, -0.1) is 0 Å². The zero-order chi connectivity index (χ0) is 13.7. The van der Waals surface area contributed by atoms with Crippen molar-refractivity contribution < 1.29 is 0 Å². The Kier molecular flexibility index (Phi) is 2.48. The summed E-state index contributed by atoms with van der Waals surface area (Å²) in [5, 5.41) is 0. The summed E-state index contributed by atoms with van der Waals surface area (Å²) in [6, 6.07) is 10.1. The minimum absolute atomic E-state index is 0.498. The fraction of sp³-hybridized carbons (Fsp3) is 0.0714. The molecule has 3 heterocycles. The zero-order valence-corrected chi connectivity index (χ0v) is 12.3. The highest BCUT2D eigenvalue weighted by atomic mass is 32.1. The van der Waals surface area contributed by atoms with E-state index in [1.54, 1.807) is 17.5 Å². The van der Waals surface area contributed by atoms with Gasteiger partial charge in [0.1, 0.15) is 0 Å². The molecule has 0 atom stereocenters. The molecule has 0 saturated carbocycles. The van der Waals surface area contributed by atoms with Crippen LogP contribution in [0.1, 0.15) is 5.69 Å². The average Bonchev–Trinajstić information content (AvgIpc) is 2.96. The van der Waals surface area contributed by atoms with Crippen LogP contribution in [0, 0.1) is 11.7 Å². The van der Waals surface area contributed by atoms with Crippen molar-refractivity contribution in [3.63, 3.8) is 0 Å². The van der Waals surface area contributed by atoms with E-state index in [1.807, 2.05) is 24.3 Å². The highest BCUT2D eigenvalue weighted by Gasteiger charge is 2.14. The summed E-state index contributed by atoms with van der Waals surface area (Å²) in [5.41, 5.74) is 4.31. The molecule has 0 unspecified atom stereocenters. The molecule has 4 aromatic rings. The predicted molar refractivity (Wildman–Crippen MR) is 83.7 cm³/mol. The SMILES string of the molecule is Cc1c(-c2ccnc(=S)[nH]2)sc2nc3ccccc3n12. The molecule has 0 fully saturated rings. The fourth-order valence-electron chi connectivity index (χ4n) is 2.41. The number of thiazole rings is 1. The van der Waals surface area contributed by atoms with Crippen molar-refractivity contribution in [2.24, 2.45) is 0 Å². The number of benzene rings is 1. The molecule has 4 nitrogen and oxygen atoms in total. The molecule has 0 amide bonds. The fourth-order valence-corrected chi connectivity index (χ4v) is 3.71. The average molecular weight is 298 g/mol. The minimum Gasteiger partial charge on any atom is -0.330 e. The Hall–Kier alpha value is -2.05. The number of rotatable bonds is 1. The van der Waals surface area contributed by atoms with Crippen molar-refractivity contribution in [1.29, 1.82) is 0 Å². The Morgan fingerprint density at radius 2 is 2.10 bits per heavy atom. The number of H-pyrrole nitrogens is 1. The molecule has 0 aliphatic heterocycles. The molecule has 0 aliphatic carbocycles. The van der Waals surface area contributed by atoms with Gasteiger partial charge in [0.15, 0.2) is 9.73 Å². The number of imidazole rings is 1. The molecule has 6 heteroatoms. The van der Waals surface area contributed by atoms with Gasteiger partial charge in [0, 0.05) is 11.9 Å². The summed E-state index contributed by atoms with van der Waals surface area (Å²) in [6.45, 7) is 2.10. The molecule has 1 aromatic carbocycles. The lowest BCUT2D eigenvalue weighted by Gasteiger charge is -2.00. The summed E-state index contributed by atoms with van der Waals surface area (Å²) in [5.74, 6) is 0. The number of hydrogen-bond donors (Lipinski definition) is 1. The van der Waals surface area contributed by atoms with Crippen LogP contribution in [-0.4, -0.2) is 19.4 Å². The number of aromatic nitrogens is 4. The Labute approximate surface area is 123 Å². The van der Waals surface area contributed by atoms with Crippen LogP contribution in [0.25, 0.3) is 26.6 Å². The summed E-state index contributed by atoms with van der Waals surface area (Å²) < 4.78 is 2.69. The Bertz CT molecular complexity index is 993. The first-order valence-corrected chi connectivity index (χ1v) is 7.39. The van der Waals surface area contributed by atoms with Gasteiger partial charge in [-0.2, -0.15) is 0 Å². The molecule has 0 bridgehead atoms. The predicted octanol–water partition coefficient (Wildman–Crippen LogP) is 3.98. The second-order valence-corrected chi connectivity index (χ2v) is 5.89. The number of fused-ring (bicyclic) bond motifs is 3. The maximum absolute atomic E-state index is 5.10. The van der Waals surface area contributed by atoms with Gasteiger partial charge in [-0.1, -0.05) is 23.5 Å². The van der Waals surface area contributed by atoms with E-state index >= 15 is 0 Å². The molecular weight excluding hydrogens is 288 g/mol. The van der Waals surface area contributed by atoms with Crippen molar-refractivity contribution in [3.05, 3.63) is 47.0 Å². The van der Waals surface area contributed by atoms with Crippen molar-refractivity contribution >= 4 is 39.5 Å². The Balaban J connectivity index is 2.07. The van der Waals surface area contributed by atoms with Gasteiger partial charge in [-0.25, -0.2) is 9.97 Å². The van der Waals surface area contributed by atoms with Gasteiger partial charge in [0.25, 0.3) is 0 Å². The summed E-state index contributed by atoms with van der Waals surface area (Å²) in [7, 11) is 0. The number of aromatic amines is 1. The monoisotopic (exact) mass is 298 g/mol. The van der Waals surface area contributed by atoms with Gasteiger partial charge in [-0.05, 0) is 37.3 Å². The Morgan fingerprint density at radius 1 is 1.25 bits per heavy atom. The van der Waals surface area contributed by atoms with E-state index < -0.39 is 0 Å². The smallest absolute Gasteiger partial charge is 0.197 e. The molecular formula is C14H10N4S2. The van der Waals surface area contributed by atoms with Crippen LogP contribution < -0.4 is 0 Å². The van der Waals surface area contributed by atoms with Gasteiger partial charge in [-0.3, -0.25) is 4.40 Å². The minimum atomic E-state index is 0.498. The first-order valence-electron chi connectivity index (χ1n) is 6.16. The van der Waals surface area contributed by atoms with Crippen LogP contribution in [-0.2, 0) is 0 Å². The third-order valence-electron chi connectivity index (χ3n) is 3.31. The standard InChI is InChI=1S/C14H10N4S2/c1-8-12(10-6-7-15-13(19)16-10)20-14-17-9-4-2-3-5-11(9)18(8)14/h2-7H,1H3,(H,15,16,19). The van der Waals surface area contributed by atoms with Crippen molar-refractivity contribution in [3.8, 4) is 10.6 Å². The van der Waals surface area contributed by atoms with E-state index in [1.165, 1.54) is 0 Å². The van der Waals surface area contributed by atoms with Crippen LogP contribution in [0.15, 0.2) is 36.5 Å². The molecule has 0 radical (unpaired) electrons. The number of hydrogen-bond acceptors (Lipinski definition) is 4. The molecule has 98 valence electrons. The maximum atomic E-state index is 5.10. The molecule has 3 aromatic heterocycles. The number of aryl methyl sites for hydroxylation is 1. The van der Waals surface area contributed by atoms with Gasteiger partial charge >= 0.3 is 0 Å². The summed E-state index contributed by atoms with van der Waals surface area (Å²) in [4.78, 5) is 14.0. The van der Waals surface area contributed by atoms with Crippen molar-refractivity contribution in [2.75, 3.05) is 0 Å². The highest BCUT2D eigenvalue weighted by Crippen LogP contribution is 2.33. The molecule has 0 spiro atoms. The zero-order valence-electron chi connectivity index (χ0n) is 10.6. The second-order valence-electron chi connectivity index (χ2n) is 4.52. The summed E-state index contributed by atoms with van der Waals surface area (Å²) in [6.07, 6.45) is 1.73. The van der Waals surface area contributed by atoms with Crippen LogP contribution in [0.5, 0.6) is 0 Å². The van der Waals surface area contributed by atoms with Crippen molar-refractivity contribution in [1.82, 2.24) is 19.4 Å². The van der Waals surface area contributed by atoms with Gasteiger partial charge < -0.3 is 4.98 Å².